The van der Waals surface area contributed by atoms with Gasteiger partial charge in [0.05, 0.1) is 24.9 Å². The van der Waals surface area contributed by atoms with Crippen LogP contribution in [0.3, 0.4) is 0 Å². The van der Waals surface area contributed by atoms with E-state index in [2.05, 4.69) is 48.9 Å². The van der Waals surface area contributed by atoms with Gasteiger partial charge in [0.1, 0.15) is 22.5 Å². The molecule has 0 aliphatic carbocycles. The number of aliphatic imine (C=N–C) groups is 1. The summed E-state index contributed by atoms with van der Waals surface area (Å²) in [4.78, 5) is 25.4. The van der Waals surface area contributed by atoms with Crippen molar-refractivity contribution in [2.45, 2.75) is 39.9 Å². The molecule has 1 unspecified atom stereocenters. The lowest BCUT2D eigenvalue weighted by molar-refractivity contribution is 0.0531. The molecule has 11 heteroatoms. The highest BCUT2D eigenvalue weighted by Crippen LogP contribution is 2.24. The van der Waals surface area contributed by atoms with Crippen molar-refractivity contribution in [1.82, 2.24) is 30.4 Å². The number of halogens is 1. The van der Waals surface area contributed by atoms with Gasteiger partial charge < -0.3 is 15.4 Å². The fraction of sp³-hybridized carbons (Fsp3) is 0.381. The molecule has 3 rings (SSSR count). The molecule has 1 aromatic carbocycles. The Labute approximate surface area is 208 Å². The number of esters is 1. The molecule has 0 aliphatic rings. The minimum absolute atomic E-state index is 0. The van der Waals surface area contributed by atoms with Gasteiger partial charge in [0.25, 0.3) is 0 Å². The van der Waals surface area contributed by atoms with Crippen LogP contribution >= 0.6 is 35.3 Å². The summed E-state index contributed by atoms with van der Waals surface area (Å²) in [5.41, 5.74) is 2.95. The van der Waals surface area contributed by atoms with Crippen LogP contribution in [0.4, 0.5) is 0 Å². The van der Waals surface area contributed by atoms with Gasteiger partial charge in [0.2, 0.25) is 0 Å². The first kappa shape index (κ1) is 25.7. The summed E-state index contributed by atoms with van der Waals surface area (Å²) >= 11 is 1.34. The lowest BCUT2D eigenvalue weighted by Crippen LogP contribution is -2.38. The summed E-state index contributed by atoms with van der Waals surface area (Å²) in [7, 11) is 1.72. The summed E-state index contributed by atoms with van der Waals surface area (Å²) in [6.45, 7) is 7.22. The number of aryl methyl sites for hydroxylation is 1. The molecule has 172 valence electrons. The summed E-state index contributed by atoms with van der Waals surface area (Å²) in [5, 5.41) is 11.6. The molecular weight excluding hydrogens is 541 g/mol. The second-order valence-corrected chi connectivity index (χ2v) is 7.92. The number of carbonyl (C=O) groups is 1. The van der Waals surface area contributed by atoms with Crippen LogP contribution in [0.5, 0.6) is 0 Å². The molecule has 2 N–H and O–H groups in total. The Morgan fingerprint density at radius 3 is 2.81 bits per heavy atom. The van der Waals surface area contributed by atoms with Gasteiger partial charge in [-0.05, 0) is 31.9 Å². The maximum Gasteiger partial charge on any atom is 0.350 e. The quantitative estimate of drug-likeness (QED) is 0.186. The number of carbonyl (C=O) groups excluding carboxylic acids is 1. The van der Waals surface area contributed by atoms with Crippen molar-refractivity contribution < 1.29 is 9.53 Å². The van der Waals surface area contributed by atoms with E-state index >= 15 is 0 Å². The number of guanidine groups is 1. The number of hydrogen-bond acceptors (Lipinski definition) is 7. The molecule has 0 saturated carbocycles. The first-order valence-electron chi connectivity index (χ1n) is 10.0. The molecule has 2 heterocycles. The minimum Gasteiger partial charge on any atom is -0.462 e. The van der Waals surface area contributed by atoms with E-state index in [1.807, 2.05) is 19.9 Å². The molecule has 0 aliphatic heterocycles. The Kier molecular flexibility index (Phi) is 10.0. The number of aromatic nitrogens is 4. The normalized spacial score (nSPS) is 12.1. The van der Waals surface area contributed by atoms with Gasteiger partial charge in [0, 0.05) is 13.6 Å². The van der Waals surface area contributed by atoms with Gasteiger partial charge in [-0.3, -0.25) is 4.99 Å². The number of thiazole rings is 1. The molecule has 2 aromatic heterocycles. The third-order valence-corrected chi connectivity index (χ3v) is 5.80. The van der Waals surface area contributed by atoms with Crippen LogP contribution in [0.15, 0.2) is 41.9 Å². The molecule has 1 atom stereocenters. The van der Waals surface area contributed by atoms with Crippen LogP contribution in [-0.2, 0) is 17.8 Å². The van der Waals surface area contributed by atoms with Crippen LogP contribution in [0.25, 0.3) is 0 Å². The lowest BCUT2D eigenvalue weighted by Gasteiger charge is -2.16. The number of ether oxygens (including phenoxy) is 1. The summed E-state index contributed by atoms with van der Waals surface area (Å²) in [5.74, 6) is 0.323. The van der Waals surface area contributed by atoms with Crippen LogP contribution in [-0.4, -0.2) is 45.3 Å². The summed E-state index contributed by atoms with van der Waals surface area (Å²) < 4.78 is 6.89. The fourth-order valence-electron chi connectivity index (χ4n) is 2.98. The topological polar surface area (TPSA) is 106 Å². The number of hydrogen-bond donors (Lipinski definition) is 2. The minimum atomic E-state index is -0.329. The van der Waals surface area contributed by atoms with Gasteiger partial charge in [0.15, 0.2) is 5.96 Å². The third-order valence-electron chi connectivity index (χ3n) is 4.48. The highest BCUT2D eigenvalue weighted by atomic mass is 127. The van der Waals surface area contributed by atoms with E-state index in [0.29, 0.717) is 36.2 Å². The first-order valence-corrected chi connectivity index (χ1v) is 10.8. The third kappa shape index (κ3) is 6.99. The van der Waals surface area contributed by atoms with E-state index in [1.165, 1.54) is 17.7 Å². The smallest absolute Gasteiger partial charge is 0.350 e. The highest BCUT2D eigenvalue weighted by Gasteiger charge is 2.20. The molecule has 3 aromatic rings. The monoisotopic (exact) mass is 569 g/mol. The Bertz CT molecular complexity index is 1040. The van der Waals surface area contributed by atoms with E-state index in [4.69, 9.17) is 4.74 Å². The predicted octanol–water partition coefficient (Wildman–Crippen LogP) is 3.31. The maximum atomic E-state index is 12.0. The number of nitrogens with one attached hydrogen (secondary N) is 2. The van der Waals surface area contributed by atoms with E-state index in [-0.39, 0.29) is 36.0 Å². The lowest BCUT2D eigenvalue weighted by atomic mass is 10.1. The van der Waals surface area contributed by atoms with Crippen molar-refractivity contribution >= 4 is 47.2 Å². The van der Waals surface area contributed by atoms with E-state index < -0.39 is 0 Å². The van der Waals surface area contributed by atoms with Crippen molar-refractivity contribution in [3.05, 3.63) is 63.6 Å². The molecular formula is C21H28IN7O2S. The second kappa shape index (κ2) is 12.5. The summed E-state index contributed by atoms with van der Waals surface area (Å²) in [6.07, 6.45) is 3.23. The van der Waals surface area contributed by atoms with Crippen molar-refractivity contribution in [2.24, 2.45) is 4.99 Å². The van der Waals surface area contributed by atoms with Crippen molar-refractivity contribution in [2.75, 3.05) is 13.7 Å². The zero-order valence-electron chi connectivity index (χ0n) is 18.5. The van der Waals surface area contributed by atoms with Gasteiger partial charge in [-0.2, -0.15) is 5.10 Å². The Morgan fingerprint density at radius 2 is 2.12 bits per heavy atom. The van der Waals surface area contributed by atoms with Crippen molar-refractivity contribution in [3.8, 4) is 0 Å². The average molecular weight is 569 g/mol. The zero-order valence-corrected chi connectivity index (χ0v) is 21.7. The second-order valence-electron chi connectivity index (χ2n) is 6.89. The van der Waals surface area contributed by atoms with Gasteiger partial charge in [-0.25, -0.2) is 19.4 Å². The number of rotatable bonds is 8. The maximum absolute atomic E-state index is 12.0. The van der Waals surface area contributed by atoms with E-state index in [9.17, 15) is 4.79 Å². The molecule has 9 nitrogen and oxygen atoms in total. The number of nitrogens with zero attached hydrogens (tertiary/aromatic N) is 5. The SMILES string of the molecule is CCOC(=O)c1sc(C(C)NC(=NC)NCc2cccc(Cn3cncn3)c2)nc1C.I. The highest BCUT2D eigenvalue weighted by molar-refractivity contribution is 14.0. The van der Waals surface area contributed by atoms with Gasteiger partial charge in [-0.15, -0.1) is 35.3 Å². The molecule has 0 bridgehead atoms. The van der Waals surface area contributed by atoms with E-state index in [1.54, 1.807) is 25.0 Å². The van der Waals surface area contributed by atoms with Crippen LogP contribution in [0.2, 0.25) is 0 Å². The van der Waals surface area contributed by atoms with Crippen molar-refractivity contribution in [3.63, 3.8) is 0 Å². The molecule has 0 amide bonds. The van der Waals surface area contributed by atoms with Gasteiger partial charge in [-0.1, -0.05) is 24.3 Å². The Hall–Kier alpha value is -2.54. The van der Waals surface area contributed by atoms with Crippen molar-refractivity contribution in [1.29, 1.82) is 0 Å². The Morgan fingerprint density at radius 1 is 1.34 bits per heavy atom. The van der Waals surface area contributed by atoms with Crippen LogP contribution in [0, 0.1) is 6.92 Å². The van der Waals surface area contributed by atoms with Gasteiger partial charge >= 0.3 is 5.97 Å². The largest absolute Gasteiger partial charge is 0.462 e. The Balaban J connectivity index is 0.00000363. The average Bonchev–Trinajstić information content (AvgIpc) is 3.41. The van der Waals surface area contributed by atoms with Crippen LogP contribution in [0.1, 0.15) is 51.4 Å². The molecule has 0 saturated heterocycles. The standard InChI is InChI=1S/C21H27N7O2S.HI/c1-5-30-20(29)18-14(2)26-19(31-18)15(3)27-21(22-4)24-10-16-7-6-8-17(9-16)11-28-13-23-12-25-28;/h6-9,12-13,15H,5,10-11H2,1-4H3,(H2,22,24,27);1H. The molecule has 0 spiro atoms. The molecule has 0 fully saturated rings. The van der Waals surface area contributed by atoms with E-state index in [0.717, 1.165) is 16.1 Å². The molecule has 0 radical (unpaired) electrons. The fourth-order valence-corrected chi connectivity index (χ4v) is 3.94. The zero-order chi connectivity index (χ0) is 22.2. The van der Waals surface area contributed by atoms with Crippen LogP contribution < -0.4 is 10.6 Å². The summed E-state index contributed by atoms with van der Waals surface area (Å²) in [6, 6.07) is 8.16. The first-order chi connectivity index (χ1) is 15.0. The molecule has 32 heavy (non-hydrogen) atoms. The number of benzene rings is 1. The predicted molar refractivity (Wildman–Crippen MR) is 136 cm³/mol.